The third kappa shape index (κ3) is 5.91. The van der Waals surface area contributed by atoms with Crippen molar-refractivity contribution in [3.63, 3.8) is 0 Å². The first-order chi connectivity index (χ1) is 22.3. The lowest BCUT2D eigenvalue weighted by atomic mass is 10.0. The van der Waals surface area contributed by atoms with Crippen LogP contribution < -0.4 is 26.1 Å². The van der Waals surface area contributed by atoms with Crippen molar-refractivity contribution in [3.8, 4) is 5.75 Å². The first-order valence-electron chi connectivity index (χ1n) is 13.7. The number of amides is 2. The van der Waals surface area contributed by atoms with Gasteiger partial charge >= 0.3 is 11.6 Å². The highest BCUT2D eigenvalue weighted by molar-refractivity contribution is 8.00. The predicted octanol–water partition coefficient (Wildman–Crippen LogP) is 0.997. The number of nitrogens with one attached hydrogen (secondary N) is 1. The summed E-state index contributed by atoms with van der Waals surface area (Å²) in [5.74, 6) is -0.650. The normalized spacial score (nSPS) is 17.8. The van der Waals surface area contributed by atoms with Crippen LogP contribution in [0, 0.1) is 0 Å². The summed E-state index contributed by atoms with van der Waals surface area (Å²) in [5, 5.41) is 11.4. The topological polar surface area (TPSA) is 193 Å². The Morgan fingerprint density at radius 2 is 2.02 bits per heavy atom. The van der Waals surface area contributed by atoms with E-state index in [1.54, 1.807) is 60.4 Å². The molecule has 0 bridgehead atoms. The zero-order chi connectivity index (χ0) is 32.4. The van der Waals surface area contributed by atoms with Gasteiger partial charge in [0.2, 0.25) is 5.82 Å². The van der Waals surface area contributed by atoms with Gasteiger partial charge in [0.05, 0.1) is 25.6 Å². The highest BCUT2D eigenvalue weighted by Crippen LogP contribution is 2.41. The van der Waals surface area contributed by atoms with Gasteiger partial charge in [-0.1, -0.05) is 26.9 Å². The maximum Gasteiger partial charge on any atom is 0.355 e. The first-order valence-corrected chi connectivity index (χ1v) is 15.6. The second-order valence-electron chi connectivity index (χ2n) is 9.96. The Kier molecular flexibility index (Phi) is 8.71. The minimum atomic E-state index is -1.28. The minimum absolute atomic E-state index is 0.0489. The maximum atomic E-state index is 13.7. The number of benzene rings is 1. The second kappa shape index (κ2) is 13.0. The Balaban J connectivity index is 1.27. The first kappa shape index (κ1) is 30.8. The second-order valence-corrected chi connectivity index (χ2v) is 12.0. The van der Waals surface area contributed by atoms with Crippen LogP contribution in [0.4, 0.5) is 15.3 Å². The molecule has 0 radical (unpaired) electrons. The van der Waals surface area contributed by atoms with E-state index >= 15 is 0 Å². The van der Waals surface area contributed by atoms with Crippen LogP contribution in [-0.4, -0.2) is 74.1 Å². The summed E-state index contributed by atoms with van der Waals surface area (Å²) in [6, 6.07) is 9.46. The number of esters is 1. The van der Waals surface area contributed by atoms with Gasteiger partial charge in [-0.25, -0.2) is 18.7 Å². The number of nitrogens with two attached hydrogens (primary N) is 2. The zero-order valence-corrected chi connectivity index (χ0v) is 25.8. The Hall–Kier alpha value is -5.23. The molecule has 4 aromatic rings. The number of nitrogen functional groups attached to an aromatic ring is 2. The van der Waals surface area contributed by atoms with Gasteiger partial charge in [-0.05, 0) is 17.7 Å². The molecular weight excluding hydrogens is 641 g/mol. The number of anilines is 2. The molecule has 2 amide bonds. The minimum Gasteiger partial charge on any atom is -0.497 e. The van der Waals surface area contributed by atoms with E-state index in [2.05, 4.69) is 25.4 Å². The molecule has 2 aliphatic heterocycles. The highest BCUT2D eigenvalue weighted by Gasteiger charge is 2.55. The largest absolute Gasteiger partial charge is 0.497 e. The van der Waals surface area contributed by atoms with Crippen LogP contribution >= 0.6 is 23.1 Å². The van der Waals surface area contributed by atoms with Crippen LogP contribution in [0.15, 0.2) is 70.6 Å². The van der Waals surface area contributed by atoms with Crippen molar-refractivity contribution in [3.05, 3.63) is 76.7 Å². The number of oxime groups is 1. The molecule has 15 nitrogen and oxygen atoms in total. The number of alkyl halides is 1. The molecule has 5 heterocycles. The molecule has 238 valence electrons. The predicted molar refractivity (Wildman–Crippen MR) is 165 cm³/mol. The van der Waals surface area contributed by atoms with Crippen molar-refractivity contribution in [1.82, 2.24) is 24.8 Å². The van der Waals surface area contributed by atoms with Crippen LogP contribution in [0.2, 0.25) is 0 Å². The van der Waals surface area contributed by atoms with E-state index < -0.39 is 36.1 Å². The van der Waals surface area contributed by atoms with Gasteiger partial charge in [-0.15, -0.1) is 23.1 Å². The number of hydrogen-bond donors (Lipinski definition) is 3. The SMILES string of the molecule is COc1ccc(COC(=O)C2=C(C[n+]3ccc(N)n4nccc43)CS[C@H]3[C@H](NC(=O)C(=NOCF)c4csc(N)n4)C(=O)N23)cc1. The standard InChI is InChI=1S/C28H26FN9O6S2/c1-42-17-4-2-15(3-5-17)11-43-27(41)23-16(10-36-9-7-19(30)38-20(36)6-8-32-38)12-45-26-22(25(40)37(23)26)34-24(39)21(35-44-14-29)18-13-46-28(31)33-18/h2-9,13,22,26,30H,10-12,14H2,1H3,(H3,31,33,34,39)/p+1/t22-,26+/m1/s1. The number of fused-ring (bicyclic) bond motifs is 2. The number of carbonyl (C=O) groups excluding carboxylic acids is 3. The summed E-state index contributed by atoms with van der Waals surface area (Å²) >= 11 is 2.41. The molecule has 1 saturated heterocycles. The van der Waals surface area contributed by atoms with E-state index in [9.17, 15) is 18.8 Å². The number of β-lactam (4-membered cyclic amide) rings is 1. The molecule has 0 aliphatic carbocycles. The van der Waals surface area contributed by atoms with Gasteiger partial charge in [-0.2, -0.15) is 0 Å². The van der Waals surface area contributed by atoms with E-state index in [-0.39, 0.29) is 35.4 Å². The summed E-state index contributed by atoms with van der Waals surface area (Å²) in [6.07, 6.45) is 3.37. The molecule has 0 saturated carbocycles. The van der Waals surface area contributed by atoms with E-state index in [1.165, 1.54) is 22.0 Å². The summed E-state index contributed by atoms with van der Waals surface area (Å²) in [6.45, 7) is -1.10. The third-order valence-corrected chi connectivity index (χ3v) is 9.20. The monoisotopic (exact) mass is 668 g/mol. The van der Waals surface area contributed by atoms with Crippen LogP contribution in [0.25, 0.3) is 5.65 Å². The van der Waals surface area contributed by atoms with Crippen molar-refractivity contribution in [2.45, 2.75) is 24.6 Å². The van der Waals surface area contributed by atoms with Gasteiger partial charge in [-0.3, -0.25) is 14.5 Å². The van der Waals surface area contributed by atoms with Crippen LogP contribution in [0.3, 0.4) is 0 Å². The Morgan fingerprint density at radius 1 is 1.22 bits per heavy atom. The third-order valence-electron chi connectivity index (χ3n) is 7.19. The molecule has 2 atom stereocenters. The average Bonchev–Trinajstić information content (AvgIpc) is 3.74. The number of nitrogens with zero attached hydrogens (tertiary/aromatic N) is 6. The van der Waals surface area contributed by atoms with Crippen LogP contribution in [0.1, 0.15) is 11.3 Å². The van der Waals surface area contributed by atoms with E-state index in [0.717, 1.165) is 16.9 Å². The van der Waals surface area contributed by atoms with Crippen LogP contribution in [0.5, 0.6) is 5.75 Å². The molecule has 18 heteroatoms. The highest BCUT2D eigenvalue weighted by atomic mass is 32.2. The number of thioether (sulfide) groups is 1. The number of aromatic nitrogens is 4. The number of hydrogen-bond acceptors (Lipinski definition) is 13. The van der Waals surface area contributed by atoms with Gasteiger partial charge in [0.15, 0.2) is 10.8 Å². The van der Waals surface area contributed by atoms with Gasteiger partial charge < -0.3 is 31.1 Å². The molecule has 1 aromatic carbocycles. The summed E-state index contributed by atoms with van der Waals surface area (Å²) in [7, 11) is 1.55. The van der Waals surface area contributed by atoms with Crippen molar-refractivity contribution in [2.24, 2.45) is 5.16 Å². The van der Waals surface area contributed by atoms with Crippen LogP contribution in [-0.2, 0) is 37.1 Å². The molecule has 1 fully saturated rings. The number of halogens is 1. The fraction of sp³-hybridized carbons (Fsp3) is 0.250. The molecule has 6 rings (SSSR count). The lowest BCUT2D eigenvalue weighted by Crippen LogP contribution is -2.71. The maximum absolute atomic E-state index is 13.7. The molecule has 3 aromatic heterocycles. The van der Waals surface area contributed by atoms with Crippen molar-refractivity contribution < 1.29 is 37.7 Å². The summed E-state index contributed by atoms with van der Waals surface area (Å²) in [4.78, 5) is 50.3. The Labute approximate surface area is 268 Å². The number of ether oxygens (including phenoxy) is 2. The Morgan fingerprint density at radius 3 is 2.74 bits per heavy atom. The molecule has 5 N–H and O–H groups in total. The van der Waals surface area contributed by atoms with Crippen molar-refractivity contribution in [2.75, 3.05) is 31.2 Å². The van der Waals surface area contributed by atoms with E-state index in [0.29, 0.717) is 28.5 Å². The lowest BCUT2D eigenvalue weighted by molar-refractivity contribution is -0.666. The number of methoxy groups -OCH3 is 1. The number of carbonyl (C=O) groups is 3. The smallest absolute Gasteiger partial charge is 0.355 e. The van der Waals surface area contributed by atoms with E-state index in [4.69, 9.17) is 20.9 Å². The molecule has 2 aliphatic rings. The zero-order valence-electron chi connectivity index (χ0n) is 24.2. The summed E-state index contributed by atoms with van der Waals surface area (Å²) < 4.78 is 27.0. The fourth-order valence-corrected chi connectivity index (χ4v) is 6.88. The lowest BCUT2D eigenvalue weighted by Gasteiger charge is -2.49. The number of rotatable bonds is 11. The van der Waals surface area contributed by atoms with Crippen molar-refractivity contribution >= 4 is 63.2 Å². The fourth-order valence-electron chi connectivity index (χ4n) is 5.00. The number of thiazole rings is 1. The van der Waals surface area contributed by atoms with E-state index in [1.807, 2.05) is 4.57 Å². The molecular formula is C28H27FN9O6S2+. The summed E-state index contributed by atoms with van der Waals surface area (Å²) in [5.41, 5.74) is 13.5. The Bertz CT molecular complexity index is 1880. The van der Waals surface area contributed by atoms with Gasteiger partial charge in [0.1, 0.15) is 41.7 Å². The molecule has 46 heavy (non-hydrogen) atoms. The molecule has 0 spiro atoms. The quantitative estimate of drug-likeness (QED) is 0.0679. The van der Waals surface area contributed by atoms with Gasteiger partial charge in [0.25, 0.3) is 18.7 Å². The van der Waals surface area contributed by atoms with Crippen molar-refractivity contribution in [1.29, 1.82) is 0 Å². The average molecular weight is 669 g/mol. The molecule has 0 unspecified atom stereocenters. The van der Waals surface area contributed by atoms with Gasteiger partial charge in [0, 0.05) is 22.8 Å².